The third-order valence-electron chi connectivity index (χ3n) is 3.90. The fourth-order valence-electron chi connectivity index (χ4n) is 2.60. The third kappa shape index (κ3) is 1.86. The van der Waals surface area contributed by atoms with Crippen molar-refractivity contribution < 1.29 is 9.90 Å². The topological polar surface area (TPSA) is 37.3 Å². The maximum Gasteiger partial charge on any atom is 0.335 e. The minimum absolute atomic E-state index is 0.0351. The molecule has 1 aliphatic carbocycles. The first-order chi connectivity index (χ1) is 8.15. The zero-order valence-corrected chi connectivity index (χ0v) is 11.7. The fourth-order valence-corrected chi connectivity index (χ4v) is 2.60. The van der Waals surface area contributed by atoms with Crippen LogP contribution in [0.5, 0.6) is 0 Å². The predicted octanol–water partition coefficient (Wildman–Crippen LogP) is 3.82. The van der Waals surface area contributed by atoms with Crippen molar-refractivity contribution in [1.29, 1.82) is 0 Å². The normalized spacial score (nSPS) is 19.4. The van der Waals surface area contributed by atoms with E-state index in [0.717, 1.165) is 11.1 Å². The van der Waals surface area contributed by atoms with Crippen LogP contribution in [0.2, 0.25) is 0 Å². The highest BCUT2D eigenvalue weighted by Crippen LogP contribution is 2.42. The lowest BCUT2D eigenvalue weighted by molar-refractivity contribution is 0.0696. The molecule has 1 N–H and O–H groups in total. The van der Waals surface area contributed by atoms with Gasteiger partial charge in [-0.25, -0.2) is 4.79 Å². The van der Waals surface area contributed by atoms with Gasteiger partial charge >= 0.3 is 5.97 Å². The predicted molar refractivity (Wildman–Crippen MR) is 73.3 cm³/mol. The Morgan fingerprint density at radius 2 is 1.44 bits per heavy atom. The summed E-state index contributed by atoms with van der Waals surface area (Å²) in [6, 6.07) is 3.88. The molecule has 0 aliphatic heterocycles. The van der Waals surface area contributed by atoms with Gasteiger partial charge in [-0.3, -0.25) is 0 Å². The average molecular weight is 244 g/mol. The minimum Gasteiger partial charge on any atom is -0.478 e. The summed E-state index contributed by atoms with van der Waals surface area (Å²) in [5.41, 5.74) is 3.46. The quantitative estimate of drug-likeness (QED) is 0.762. The van der Waals surface area contributed by atoms with E-state index in [4.69, 9.17) is 0 Å². The van der Waals surface area contributed by atoms with Crippen LogP contribution in [0.3, 0.4) is 0 Å². The molecule has 0 saturated carbocycles. The Morgan fingerprint density at radius 1 is 1.00 bits per heavy atom. The summed E-state index contributed by atoms with van der Waals surface area (Å²) in [6.07, 6.45) is 4.39. The molecule has 2 rings (SSSR count). The van der Waals surface area contributed by atoms with E-state index in [1.165, 1.54) is 5.56 Å². The molecular formula is C16H20O2. The van der Waals surface area contributed by atoms with E-state index in [0.29, 0.717) is 5.56 Å². The lowest BCUT2D eigenvalue weighted by Crippen LogP contribution is -2.29. The summed E-state index contributed by atoms with van der Waals surface area (Å²) in [6.45, 7) is 10.4. The molecule has 0 radical (unpaired) electrons. The lowest BCUT2D eigenvalue weighted by Gasteiger charge is -2.37. The summed E-state index contributed by atoms with van der Waals surface area (Å²) in [4.78, 5) is 11.3. The van der Waals surface area contributed by atoms with Crippen LogP contribution in [0.25, 0.3) is 0 Å². The second kappa shape index (κ2) is 3.71. The highest BCUT2D eigenvalue weighted by atomic mass is 16.4. The minimum atomic E-state index is -0.849. The molecule has 0 aromatic heterocycles. The molecule has 0 spiro atoms. The van der Waals surface area contributed by atoms with Gasteiger partial charge in [-0.1, -0.05) is 45.9 Å². The number of rotatable bonds is 1. The van der Waals surface area contributed by atoms with Crippen molar-refractivity contribution in [1.82, 2.24) is 0 Å². The monoisotopic (exact) mass is 244 g/mol. The number of carboxylic acids is 1. The van der Waals surface area contributed by atoms with E-state index in [1.807, 2.05) is 19.1 Å². The highest BCUT2D eigenvalue weighted by Gasteiger charge is 2.33. The first-order valence-electron chi connectivity index (χ1n) is 6.24. The van der Waals surface area contributed by atoms with Crippen molar-refractivity contribution in [2.45, 2.75) is 45.4 Å². The number of hydrogen-bond donors (Lipinski definition) is 1. The number of allylic oxidation sites excluding steroid dienone is 2. The standard InChI is InChI=1S/C16H20O2/c1-10-8-12-13(9-11(10)14(17)18)16(4,5)7-6-15(12,2)3/h6-9H,1-5H3,(H,17,18). The summed E-state index contributed by atoms with van der Waals surface area (Å²) in [5, 5.41) is 9.25. The molecule has 1 aliphatic rings. The SMILES string of the molecule is Cc1cc2c(cc1C(=O)O)C(C)(C)C=CC2(C)C. The lowest BCUT2D eigenvalue weighted by atomic mass is 9.67. The van der Waals surface area contributed by atoms with Gasteiger partial charge in [0.25, 0.3) is 0 Å². The van der Waals surface area contributed by atoms with Crippen molar-refractivity contribution >= 4 is 5.97 Å². The van der Waals surface area contributed by atoms with Crippen LogP contribution in [0.4, 0.5) is 0 Å². The number of carbonyl (C=O) groups is 1. The van der Waals surface area contributed by atoms with E-state index >= 15 is 0 Å². The van der Waals surface area contributed by atoms with E-state index in [2.05, 4.69) is 39.8 Å². The summed E-state index contributed by atoms with van der Waals surface area (Å²) in [5.74, 6) is -0.849. The maximum atomic E-state index is 11.3. The molecule has 0 bridgehead atoms. The number of benzene rings is 1. The van der Waals surface area contributed by atoms with E-state index in [9.17, 15) is 9.90 Å². The zero-order chi connectivity index (χ0) is 13.7. The number of hydrogen-bond acceptors (Lipinski definition) is 1. The van der Waals surface area contributed by atoms with E-state index < -0.39 is 5.97 Å². The van der Waals surface area contributed by atoms with Crippen LogP contribution in [0, 0.1) is 6.92 Å². The van der Waals surface area contributed by atoms with E-state index in [-0.39, 0.29) is 10.8 Å². The van der Waals surface area contributed by atoms with Gasteiger partial charge in [0, 0.05) is 10.8 Å². The Bertz CT molecular complexity index is 548. The van der Waals surface area contributed by atoms with E-state index in [1.54, 1.807) is 0 Å². The molecule has 1 aromatic carbocycles. The van der Waals surface area contributed by atoms with Gasteiger partial charge in [-0.15, -0.1) is 0 Å². The van der Waals surface area contributed by atoms with Crippen LogP contribution in [-0.2, 0) is 10.8 Å². The molecule has 0 saturated heterocycles. The molecular weight excluding hydrogens is 224 g/mol. The average Bonchev–Trinajstić information content (AvgIpc) is 2.24. The Kier molecular flexibility index (Phi) is 2.65. The first-order valence-corrected chi connectivity index (χ1v) is 6.24. The van der Waals surface area contributed by atoms with Gasteiger partial charge in [0.05, 0.1) is 5.56 Å². The van der Waals surface area contributed by atoms with Crippen LogP contribution in [-0.4, -0.2) is 11.1 Å². The second-order valence-corrected chi connectivity index (χ2v) is 6.29. The van der Waals surface area contributed by atoms with Crippen molar-refractivity contribution in [3.05, 3.63) is 46.5 Å². The number of aromatic carboxylic acids is 1. The van der Waals surface area contributed by atoms with Gasteiger partial charge in [0.2, 0.25) is 0 Å². The van der Waals surface area contributed by atoms with Gasteiger partial charge < -0.3 is 5.11 Å². The number of carboxylic acid groups (broad SMARTS) is 1. The van der Waals surface area contributed by atoms with Crippen molar-refractivity contribution in [3.8, 4) is 0 Å². The molecule has 18 heavy (non-hydrogen) atoms. The molecule has 0 heterocycles. The molecule has 0 atom stereocenters. The number of fused-ring (bicyclic) bond motifs is 1. The van der Waals surface area contributed by atoms with Crippen LogP contribution in [0.1, 0.15) is 54.7 Å². The van der Waals surface area contributed by atoms with Crippen molar-refractivity contribution in [2.24, 2.45) is 0 Å². The molecule has 96 valence electrons. The van der Waals surface area contributed by atoms with Crippen LogP contribution in [0.15, 0.2) is 24.3 Å². The van der Waals surface area contributed by atoms with Gasteiger partial charge in [0.15, 0.2) is 0 Å². The molecule has 2 nitrogen and oxygen atoms in total. The van der Waals surface area contributed by atoms with Crippen molar-refractivity contribution in [3.63, 3.8) is 0 Å². The van der Waals surface area contributed by atoms with Crippen molar-refractivity contribution in [2.75, 3.05) is 0 Å². The molecule has 0 unspecified atom stereocenters. The smallest absolute Gasteiger partial charge is 0.335 e. The fraction of sp³-hybridized carbons (Fsp3) is 0.438. The number of aryl methyl sites for hydroxylation is 1. The Labute approximate surface area is 108 Å². The summed E-state index contributed by atoms with van der Waals surface area (Å²) < 4.78 is 0. The summed E-state index contributed by atoms with van der Waals surface area (Å²) >= 11 is 0. The Balaban J connectivity index is 2.77. The third-order valence-corrected chi connectivity index (χ3v) is 3.90. The molecule has 1 aromatic rings. The molecule has 0 amide bonds. The van der Waals surface area contributed by atoms with Crippen LogP contribution < -0.4 is 0 Å². The van der Waals surface area contributed by atoms with Gasteiger partial charge in [0.1, 0.15) is 0 Å². The Hall–Kier alpha value is -1.57. The zero-order valence-electron chi connectivity index (χ0n) is 11.7. The van der Waals surface area contributed by atoms with Gasteiger partial charge in [-0.2, -0.15) is 0 Å². The Morgan fingerprint density at radius 3 is 1.89 bits per heavy atom. The van der Waals surface area contributed by atoms with Crippen LogP contribution >= 0.6 is 0 Å². The molecule has 2 heteroatoms. The summed E-state index contributed by atoms with van der Waals surface area (Å²) in [7, 11) is 0. The second-order valence-electron chi connectivity index (χ2n) is 6.29. The largest absolute Gasteiger partial charge is 0.478 e. The first kappa shape index (κ1) is 12.9. The highest BCUT2D eigenvalue weighted by molar-refractivity contribution is 5.90. The van der Waals surface area contributed by atoms with Gasteiger partial charge in [-0.05, 0) is 29.7 Å². The maximum absolute atomic E-state index is 11.3. The molecule has 0 fully saturated rings.